The Labute approximate surface area is 169 Å². The van der Waals surface area contributed by atoms with Crippen molar-refractivity contribution in [2.45, 2.75) is 11.8 Å². The van der Waals surface area contributed by atoms with Gasteiger partial charge in [-0.05, 0) is 13.0 Å². The fraction of sp³-hybridized carbons (Fsp3) is 0.316. The predicted octanol–water partition coefficient (Wildman–Crippen LogP) is 1.27. The van der Waals surface area contributed by atoms with Crippen molar-refractivity contribution in [2.24, 2.45) is 7.05 Å². The van der Waals surface area contributed by atoms with Gasteiger partial charge in [-0.1, -0.05) is 29.8 Å². The van der Waals surface area contributed by atoms with Gasteiger partial charge in [0.15, 0.2) is 0 Å². The Morgan fingerprint density at radius 3 is 2.41 bits per heavy atom. The summed E-state index contributed by atoms with van der Waals surface area (Å²) < 4.78 is 28.2. The molecule has 1 amide bonds. The van der Waals surface area contributed by atoms with Crippen LogP contribution in [0.1, 0.15) is 16.1 Å². The van der Waals surface area contributed by atoms with Crippen LogP contribution in [0, 0.1) is 6.92 Å². The lowest BCUT2D eigenvalue weighted by Crippen LogP contribution is -2.50. The topological polar surface area (TPSA) is 104 Å². The minimum atomic E-state index is -3.60. The van der Waals surface area contributed by atoms with Gasteiger partial charge in [0.2, 0.25) is 10.0 Å². The number of hydrogen-bond donors (Lipinski definition) is 1. The van der Waals surface area contributed by atoms with E-state index < -0.39 is 10.0 Å². The first kappa shape index (κ1) is 19.3. The number of piperazine rings is 1. The van der Waals surface area contributed by atoms with E-state index in [1.165, 1.54) is 21.4 Å². The number of aromatic amines is 1. The van der Waals surface area contributed by atoms with Crippen LogP contribution in [0.15, 0.2) is 47.6 Å². The van der Waals surface area contributed by atoms with Crippen LogP contribution in [0.5, 0.6) is 0 Å². The zero-order chi connectivity index (χ0) is 20.6. The molecule has 1 aliphatic rings. The maximum Gasteiger partial charge on any atom is 0.271 e. The average Bonchev–Trinajstić information content (AvgIpc) is 3.38. The van der Waals surface area contributed by atoms with E-state index in [0.717, 1.165) is 11.1 Å². The number of aromatic nitrogens is 4. The van der Waals surface area contributed by atoms with Gasteiger partial charge >= 0.3 is 0 Å². The number of H-pyrrole nitrogens is 1. The van der Waals surface area contributed by atoms with Crippen LogP contribution in [0.25, 0.3) is 11.3 Å². The summed E-state index contributed by atoms with van der Waals surface area (Å²) in [5.41, 5.74) is 3.17. The molecule has 0 unspecified atom stereocenters. The molecule has 1 N–H and O–H groups in total. The lowest BCUT2D eigenvalue weighted by atomic mass is 10.1. The van der Waals surface area contributed by atoms with Crippen molar-refractivity contribution in [3.8, 4) is 11.3 Å². The van der Waals surface area contributed by atoms with Crippen LogP contribution in [0.3, 0.4) is 0 Å². The van der Waals surface area contributed by atoms with Gasteiger partial charge in [0.25, 0.3) is 5.91 Å². The number of rotatable bonds is 4. The number of hydrogen-bond acceptors (Lipinski definition) is 5. The average molecular weight is 414 g/mol. The molecule has 1 fully saturated rings. The number of amides is 1. The SMILES string of the molecule is Cc1ccc(-c2cc(C(=O)N3CCN(S(=O)(=O)c4cnn(C)c4)CC3)[nH]n2)cc1. The third kappa shape index (κ3) is 3.81. The predicted molar refractivity (Wildman–Crippen MR) is 107 cm³/mol. The molecule has 0 saturated carbocycles. The summed E-state index contributed by atoms with van der Waals surface area (Å²) in [6.45, 7) is 3.12. The van der Waals surface area contributed by atoms with Crippen molar-refractivity contribution in [1.82, 2.24) is 29.2 Å². The van der Waals surface area contributed by atoms with Gasteiger partial charge in [-0.25, -0.2) is 8.42 Å². The molecule has 0 spiro atoms. The zero-order valence-electron chi connectivity index (χ0n) is 16.2. The molecule has 3 heterocycles. The Bertz CT molecular complexity index is 1120. The molecule has 29 heavy (non-hydrogen) atoms. The molecule has 4 rings (SSSR count). The van der Waals surface area contributed by atoms with E-state index in [1.807, 2.05) is 31.2 Å². The standard InChI is InChI=1S/C19H22N6O3S/c1-14-3-5-15(6-4-14)17-11-18(22-21-17)19(26)24-7-9-25(10-8-24)29(27,28)16-12-20-23(2)13-16/h3-6,11-13H,7-10H2,1-2H3,(H,21,22). The van der Waals surface area contributed by atoms with Crippen LogP contribution in [0.2, 0.25) is 0 Å². The molecule has 10 heteroatoms. The van der Waals surface area contributed by atoms with Gasteiger partial charge in [0, 0.05) is 45.0 Å². The molecular formula is C19H22N6O3S. The third-order valence-electron chi connectivity index (χ3n) is 5.00. The largest absolute Gasteiger partial charge is 0.335 e. The molecule has 152 valence electrons. The zero-order valence-corrected chi connectivity index (χ0v) is 17.1. The van der Waals surface area contributed by atoms with Crippen molar-refractivity contribution in [1.29, 1.82) is 0 Å². The van der Waals surface area contributed by atoms with E-state index in [1.54, 1.807) is 18.0 Å². The minimum absolute atomic E-state index is 0.163. The highest BCUT2D eigenvalue weighted by atomic mass is 32.2. The maximum absolute atomic E-state index is 12.8. The van der Waals surface area contributed by atoms with Gasteiger partial charge in [-0.3, -0.25) is 14.6 Å². The summed E-state index contributed by atoms with van der Waals surface area (Å²) >= 11 is 0. The molecule has 0 bridgehead atoms. The van der Waals surface area contributed by atoms with Crippen LogP contribution in [-0.4, -0.2) is 69.7 Å². The van der Waals surface area contributed by atoms with E-state index in [2.05, 4.69) is 15.3 Å². The molecule has 1 aliphatic heterocycles. The summed E-state index contributed by atoms with van der Waals surface area (Å²) in [6, 6.07) is 9.64. The van der Waals surface area contributed by atoms with E-state index in [9.17, 15) is 13.2 Å². The summed E-state index contributed by atoms with van der Waals surface area (Å²) in [5.74, 6) is -0.186. The smallest absolute Gasteiger partial charge is 0.271 e. The molecule has 9 nitrogen and oxygen atoms in total. The van der Waals surface area contributed by atoms with E-state index >= 15 is 0 Å². The van der Waals surface area contributed by atoms with Crippen LogP contribution < -0.4 is 0 Å². The Kier molecular flexibility index (Phi) is 4.97. The van der Waals surface area contributed by atoms with Crippen molar-refractivity contribution in [3.05, 3.63) is 54.0 Å². The Balaban J connectivity index is 1.42. The second-order valence-corrected chi connectivity index (χ2v) is 9.02. The second kappa shape index (κ2) is 7.45. The van der Waals surface area contributed by atoms with Crippen molar-refractivity contribution >= 4 is 15.9 Å². The van der Waals surface area contributed by atoms with Gasteiger partial charge in [-0.15, -0.1) is 0 Å². The Morgan fingerprint density at radius 1 is 1.10 bits per heavy atom. The van der Waals surface area contributed by atoms with E-state index in [0.29, 0.717) is 24.5 Å². The molecule has 0 aliphatic carbocycles. The highest BCUT2D eigenvalue weighted by molar-refractivity contribution is 7.89. The van der Waals surface area contributed by atoms with Gasteiger partial charge in [-0.2, -0.15) is 14.5 Å². The van der Waals surface area contributed by atoms with E-state index in [-0.39, 0.29) is 23.9 Å². The monoisotopic (exact) mass is 414 g/mol. The number of carbonyl (C=O) groups is 1. The van der Waals surface area contributed by atoms with Crippen LogP contribution >= 0.6 is 0 Å². The fourth-order valence-electron chi connectivity index (χ4n) is 3.29. The third-order valence-corrected chi connectivity index (χ3v) is 6.85. The highest BCUT2D eigenvalue weighted by Gasteiger charge is 2.31. The maximum atomic E-state index is 12.8. The van der Waals surface area contributed by atoms with Crippen LogP contribution in [0.4, 0.5) is 0 Å². The van der Waals surface area contributed by atoms with Gasteiger partial charge in [0.1, 0.15) is 10.6 Å². The summed E-state index contributed by atoms with van der Waals surface area (Å²) in [4.78, 5) is 14.6. The summed E-state index contributed by atoms with van der Waals surface area (Å²) in [7, 11) is -1.93. The number of aryl methyl sites for hydroxylation is 2. The summed E-state index contributed by atoms with van der Waals surface area (Å²) in [6.07, 6.45) is 2.81. The Hall–Kier alpha value is -2.98. The number of carbonyl (C=O) groups excluding carboxylic acids is 1. The second-order valence-electron chi connectivity index (χ2n) is 7.08. The minimum Gasteiger partial charge on any atom is -0.335 e. The fourth-order valence-corrected chi connectivity index (χ4v) is 4.69. The molecule has 0 radical (unpaired) electrons. The lowest BCUT2D eigenvalue weighted by molar-refractivity contribution is 0.0692. The van der Waals surface area contributed by atoms with Crippen molar-refractivity contribution in [3.63, 3.8) is 0 Å². The first-order valence-corrected chi connectivity index (χ1v) is 10.7. The number of nitrogens with zero attached hydrogens (tertiary/aromatic N) is 5. The van der Waals surface area contributed by atoms with Gasteiger partial charge < -0.3 is 4.90 Å². The molecule has 2 aromatic heterocycles. The van der Waals surface area contributed by atoms with E-state index in [4.69, 9.17) is 0 Å². The molecule has 0 atom stereocenters. The quantitative estimate of drug-likeness (QED) is 0.692. The van der Waals surface area contributed by atoms with Crippen molar-refractivity contribution in [2.75, 3.05) is 26.2 Å². The molecule has 3 aromatic rings. The van der Waals surface area contributed by atoms with Crippen LogP contribution in [-0.2, 0) is 17.1 Å². The highest BCUT2D eigenvalue weighted by Crippen LogP contribution is 2.20. The number of benzene rings is 1. The number of nitrogens with one attached hydrogen (secondary N) is 1. The van der Waals surface area contributed by atoms with Crippen molar-refractivity contribution < 1.29 is 13.2 Å². The lowest BCUT2D eigenvalue weighted by Gasteiger charge is -2.33. The molecular weight excluding hydrogens is 392 g/mol. The summed E-state index contributed by atoms with van der Waals surface area (Å²) in [5, 5.41) is 11.0. The molecule has 1 saturated heterocycles. The molecule has 1 aromatic carbocycles. The first-order chi connectivity index (χ1) is 13.8. The Morgan fingerprint density at radius 2 is 1.79 bits per heavy atom. The normalized spacial score (nSPS) is 15.6. The first-order valence-electron chi connectivity index (χ1n) is 9.25. The number of sulfonamides is 1. The van der Waals surface area contributed by atoms with Gasteiger partial charge in [0.05, 0.1) is 11.9 Å².